The van der Waals surface area contributed by atoms with Gasteiger partial charge in [-0.2, -0.15) is 0 Å². The van der Waals surface area contributed by atoms with E-state index in [0.29, 0.717) is 0 Å². The maximum Gasteiger partial charge on any atom is 0.290 e. The minimum absolute atomic E-state index is 0.0395. The van der Waals surface area contributed by atoms with Crippen LogP contribution in [0.5, 0.6) is 23.2 Å². The van der Waals surface area contributed by atoms with E-state index in [1.165, 1.54) is 0 Å². The molecule has 0 atom stereocenters. The van der Waals surface area contributed by atoms with Gasteiger partial charge in [-0.05, 0) is 6.07 Å². The van der Waals surface area contributed by atoms with Gasteiger partial charge in [0.15, 0.2) is 16.9 Å². The average molecular weight is 300 g/mol. The lowest BCUT2D eigenvalue weighted by Gasteiger charge is -2.12. The molecule has 110 valence electrons. The van der Waals surface area contributed by atoms with Gasteiger partial charge in [0, 0.05) is 22.2 Å². The first-order valence-corrected chi connectivity index (χ1v) is 6.17. The van der Waals surface area contributed by atoms with Gasteiger partial charge in [-0.1, -0.05) is 6.58 Å². The lowest BCUT2D eigenvalue weighted by molar-refractivity contribution is 0.340. The molecule has 0 saturated carbocycles. The molecule has 4 rings (SSSR count). The quantitative estimate of drug-likeness (QED) is 0.287. The van der Waals surface area contributed by atoms with Gasteiger partial charge in [0.2, 0.25) is 16.9 Å². The fraction of sp³-hybridized carbons (Fsp3) is 0. The smallest absolute Gasteiger partial charge is 0.290 e. The Morgan fingerprint density at radius 1 is 0.864 bits per heavy atom. The Labute approximate surface area is 120 Å². The van der Waals surface area contributed by atoms with E-state index in [4.69, 9.17) is 8.83 Å². The molecule has 22 heavy (non-hydrogen) atoms. The van der Waals surface area contributed by atoms with Crippen LogP contribution in [0, 0.1) is 0 Å². The van der Waals surface area contributed by atoms with Crippen molar-refractivity contribution in [2.45, 2.75) is 0 Å². The van der Waals surface area contributed by atoms with Crippen LogP contribution in [0.4, 0.5) is 0 Å². The zero-order valence-electron chi connectivity index (χ0n) is 10.9. The van der Waals surface area contributed by atoms with Crippen molar-refractivity contribution >= 4 is 39.3 Å². The number of benzene rings is 2. The van der Waals surface area contributed by atoms with Crippen molar-refractivity contribution < 1.29 is 29.3 Å². The number of phenolic OH excluding ortho intramolecular Hbond substituents is 3. The van der Waals surface area contributed by atoms with Crippen molar-refractivity contribution in [2.24, 2.45) is 0 Å². The van der Waals surface area contributed by atoms with E-state index >= 15 is 0 Å². The Kier molecular flexibility index (Phi) is 2.05. The van der Waals surface area contributed by atoms with E-state index in [1.54, 1.807) is 0 Å². The van der Waals surface area contributed by atoms with Crippen molar-refractivity contribution in [3.8, 4) is 23.2 Å². The lowest BCUT2D eigenvalue weighted by atomic mass is 10.0. The second-order valence-corrected chi connectivity index (χ2v) is 4.90. The fourth-order valence-electron chi connectivity index (χ4n) is 2.67. The SMILES string of the molecule is C=c1oc2c(O)c(O)cc3c(O)oc4c(O)c(=O)cc1c4c32. The molecule has 4 N–H and O–H groups in total. The third-order valence-corrected chi connectivity index (χ3v) is 3.66. The van der Waals surface area contributed by atoms with E-state index < -0.39 is 28.6 Å². The van der Waals surface area contributed by atoms with Gasteiger partial charge in [0.05, 0.1) is 5.39 Å². The normalized spacial score (nSPS) is 11.8. The summed E-state index contributed by atoms with van der Waals surface area (Å²) < 4.78 is 10.5. The van der Waals surface area contributed by atoms with Gasteiger partial charge in [-0.25, -0.2) is 0 Å². The average Bonchev–Trinajstić information content (AvgIpc) is 2.47. The molecular weight excluding hydrogens is 292 g/mol. The van der Waals surface area contributed by atoms with Gasteiger partial charge < -0.3 is 29.3 Å². The summed E-state index contributed by atoms with van der Waals surface area (Å²) in [6.45, 7) is 3.65. The topological polar surface area (TPSA) is 124 Å². The van der Waals surface area contributed by atoms with Crippen LogP contribution in [0.3, 0.4) is 0 Å². The summed E-state index contributed by atoms with van der Waals surface area (Å²) in [4.78, 5) is 11.8. The van der Waals surface area contributed by atoms with E-state index in [9.17, 15) is 25.2 Å². The van der Waals surface area contributed by atoms with E-state index in [-0.39, 0.29) is 38.1 Å². The Morgan fingerprint density at radius 3 is 2.23 bits per heavy atom. The third kappa shape index (κ3) is 1.27. The summed E-state index contributed by atoms with van der Waals surface area (Å²) in [5.41, 5.74) is -1.07. The summed E-state index contributed by atoms with van der Waals surface area (Å²) in [6.07, 6.45) is 0. The van der Waals surface area contributed by atoms with E-state index in [1.807, 2.05) is 0 Å². The Balaban J connectivity index is 2.55. The molecule has 2 aromatic heterocycles. The maximum atomic E-state index is 11.8. The highest BCUT2D eigenvalue weighted by Gasteiger charge is 2.23. The summed E-state index contributed by atoms with van der Waals surface area (Å²) in [5, 5.41) is 40.3. The minimum atomic E-state index is -0.721. The number of hydrogen-bond acceptors (Lipinski definition) is 7. The standard InChI is InChI=1S/C15H8O7/c1-4-5-2-7(16)12(19)14-9(5)10-6(15(20)22-14)3-8(17)11(18)13(10)21-4/h2-3,17-20H,1H2. The van der Waals surface area contributed by atoms with E-state index in [2.05, 4.69) is 6.58 Å². The van der Waals surface area contributed by atoms with Crippen LogP contribution in [-0.2, 0) is 0 Å². The molecule has 0 unspecified atom stereocenters. The molecule has 2 heterocycles. The molecule has 0 aliphatic rings. The Bertz CT molecular complexity index is 1200. The molecule has 7 nitrogen and oxygen atoms in total. The number of aromatic hydroxyl groups is 4. The summed E-state index contributed by atoms with van der Waals surface area (Å²) >= 11 is 0. The summed E-state index contributed by atoms with van der Waals surface area (Å²) in [6, 6.07) is 2.22. The molecule has 0 fully saturated rings. The second-order valence-electron chi connectivity index (χ2n) is 4.90. The highest BCUT2D eigenvalue weighted by Crippen LogP contribution is 2.45. The molecule has 2 aromatic carbocycles. The van der Waals surface area contributed by atoms with Crippen LogP contribution < -0.4 is 10.8 Å². The van der Waals surface area contributed by atoms with Crippen molar-refractivity contribution in [1.29, 1.82) is 0 Å². The predicted octanol–water partition coefficient (Wildman–Crippen LogP) is 1.64. The van der Waals surface area contributed by atoms with Crippen LogP contribution in [0.15, 0.2) is 25.8 Å². The number of rotatable bonds is 0. The van der Waals surface area contributed by atoms with Crippen LogP contribution in [0.1, 0.15) is 0 Å². The first-order chi connectivity index (χ1) is 10.4. The Hall–Kier alpha value is -3.35. The van der Waals surface area contributed by atoms with Crippen LogP contribution in [-0.4, -0.2) is 20.4 Å². The molecule has 0 amide bonds. The lowest BCUT2D eigenvalue weighted by Crippen LogP contribution is -2.07. The largest absolute Gasteiger partial charge is 0.504 e. The second kappa shape index (κ2) is 3.64. The maximum absolute atomic E-state index is 11.8. The van der Waals surface area contributed by atoms with Gasteiger partial charge in [-0.15, -0.1) is 0 Å². The van der Waals surface area contributed by atoms with Gasteiger partial charge in [0.25, 0.3) is 5.95 Å². The van der Waals surface area contributed by atoms with E-state index in [0.717, 1.165) is 12.1 Å². The molecule has 0 bridgehead atoms. The zero-order chi connectivity index (χ0) is 15.8. The zero-order valence-corrected chi connectivity index (χ0v) is 10.9. The van der Waals surface area contributed by atoms with Crippen molar-refractivity contribution in [1.82, 2.24) is 0 Å². The Morgan fingerprint density at radius 2 is 1.50 bits per heavy atom. The fourth-order valence-corrected chi connectivity index (χ4v) is 2.67. The van der Waals surface area contributed by atoms with Crippen LogP contribution in [0.2, 0.25) is 0 Å². The number of hydrogen-bond donors (Lipinski definition) is 4. The highest BCUT2D eigenvalue weighted by atomic mass is 16.5. The first kappa shape index (κ1) is 12.4. The third-order valence-electron chi connectivity index (χ3n) is 3.66. The summed E-state index contributed by atoms with van der Waals surface area (Å²) in [7, 11) is 0. The number of phenols is 3. The van der Waals surface area contributed by atoms with Crippen molar-refractivity contribution in [2.75, 3.05) is 0 Å². The predicted molar refractivity (Wildman–Crippen MR) is 77.2 cm³/mol. The molecule has 0 radical (unpaired) electrons. The van der Waals surface area contributed by atoms with Gasteiger partial charge >= 0.3 is 0 Å². The monoisotopic (exact) mass is 300 g/mol. The molecular formula is C15H8O7. The molecule has 7 heteroatoms. The van der Waals surface area contributed by atoms with Gasteiger partial charge in [-0.3, -0.25) is 4.79 Å². The van der Waals surface area contributed by atoms with Crippen LogP contribution >= 0.6 is 0 Å². The van der Waals surface area contributed by atoms with Crippen molar-refractivity contribution in [3.05, 3.63) is 27.8 Å². The molecule has 0 aliphatic carbocycles. The first-order valence-electron chi connectivity index (χ1n) is 6.17. The highest BCUT2D eigenvalue weighted by molar-refractivity contribution is 6.22. The van der Waals surface area contributed by atoms with Crippen molar-refractivity contribution in [3.63, 3.8) is 0 Å². The summed E-state index contributed by atoms with van der Waals surface area (Å²) in [5.74, 6) is -2.38. The molecule has 4 aromatic rings. The van der Waals surface area contributed by atoms with Gasteiger partial charge in [0.1, 0.15) is 5.42 Å². The molecule has 0 aliphatic heterocycles. The molecule has 0 spiro atoms. The molecule has 0 saturated heterocycles. The van der Waals surface area contributed by atoms with Crippen LogP contribution in [0.25, 0.3) is 39.3 Å². The minimum Gasteiger partial charge on any atom is -0.504 e.